The van der Waals surface area contributed by atoms with E-state index in [0.29, 0.717) is 19.0 Å². The molecule has 166 valence electrons. The molecule has 2 heterocycles. The van der Waals surface area contributed by atoms with Crippen molar-refractivity contribution in [3.8, 4) is 6.07 Å². The number of likely N-dealkylation sites (tertiary alicyclic amines) is 1. The number of halogens is 1. The number of carbonyl (C=O) groups excluding carboxylic acids is 1. The van der Waals surface area contributed by atoms with Crippen molar-refractivity contribution in [1.82, 2.24) is 9.80 Å². The Bertz CT molecular complexity index is 967. The van der Waals surface area contributed by atoms with Gasteiger partial charge in [0.25, 0.3) is 5.91 Å². The smallest absolute Gasteiger partial charge is 0.266 e. The Kier molecular flexibility index (Phi) is 7.06. The lowest BCUT2D eigenvalue weighted by atomic mass is 9.90. The summed E-state index contributed by atoms with van der Waals surface area (Å²) in [5, 5.41) is 9.62. The minimum atomic E-state index is -0.239. The molecule has 32 heavy (non-hydrogen) atoms. The highest BCUT2D eigenvalue weighted by molar-refractivity contribution is 5.97. The van der Waals surface area contributed by atoms with Crippen LogP contribution < -0.4 is 4.90 Å². The fourth-order valence-corrected chi connectivity index (χ4v) is 4.53. The summed E-state index contributed by atoms with van der Waals surface area (Å²) in [7, 11) is 0. The van der Waals surface area contributed by atoms with Crippen LogP contribution in [0.25, 0.3) is 0 Å². The summed E-state index contributed by atoms with van der Waals surface area (Å²) < 4.78 is 13.1. The zero-order chi connectivity index (χ0) is 22.3. The van der Waals surface area contributed by atoms with Crippen LogP contribution in [0.3, 0.4) is 0 Å². The first-order valence-corrected chi connectivity index (χ1v) is 11.3. The topological polar surface area (TPSA) is 50.6 Å². The molecule has 4 rings (SSSR count). The summed E-state index contributed by atoms with van der Waals surface area (Å²) in [6.07, 6.45) is 4.70. The van der Waals surface area contributed by atoms with Crippen LogP contribution in [-0.4, -0.2) is 55.0 Å². The largest absolute Gasteiger partial charge is 0.373 e. The molecule has 0 spiro atoms. The van der Waals surface area contributed by atoms with E-state index in [1.165, 1.54) is 17.7 Å². The lowest BCUT2D eigenvalue weighted by Gasteiger charge is -2.36. The molecule has 2 aromatic carbocycles. The van der Waals surface area contributed by atoms with Gasteiger partial charge in [0, 0.05) is 51.2 Å². The van der Waals surface area contributed by atoms with Crippen LogP contribution in [0.15, 0.2) is 66.4 Å². The predicted octanol–water partition coefficient (Wildman–Crippen LogP) is 3.84. The quantitative estimate of drug-likeness (QED) is 0.532. The predicted molar refractivity (Wildman–Crippen MR) is 123 cm³/mol. The summed E-state index contributed by atoms with van der Waals surface area (Å²) in [5.74, 6) is 0.179. The minimum absolute atomic E-state index is 0.161. The number of hydrogen-bond acceptors (Lipinski definition) is 4. The van der Waals surface area contributed by atoms with E-state index in [-0.39, 0.29) is 17.3 Å². The fourth-order valence-electron chi connectivity index (χ4n) is 4.53. The molecule has 6 heteroatoms. The third kappa shape index (κ3) is 5.47. The molecular weight excluding hydrogens is 403 g/mol. The van der Waals surface area contributed by atoms with Crippen molar-refractivity contribution >= 4 is 11.6 Å². The maximum absolute atomic E-state index is 13.1. The lowest BCUT2D eigenvalue weighted by molar-refractivity contribution is -0.128. The summed E-state index contributed by atoms with van der Waals surface area (Å²) in [5.41, 5.74) is 2.54. The van der Waals surface area contributed by atoms with Gasteiger partial charge in [-0.05, 0) is 55.0 Å². The molecular formula is C26H29FN4O. The number of piperidine rings is 1. The van der Waals surface area contributed by atoms with Gasteiger partial charge in [0.1, 0.15) is 17.5 Å². The van der Waals surface area contributed by atoms with Crippen molar-refractivity contribution < 1.29 is 9.18 Å². The first kappa shape index (κ1) is 21.9. The summed E-state index contributed by atoms with van der Waals surface area (Å²) in [6, 6.07) is 19.1. The van der Waals surface area contributed by atoms with E-state index in [1.807, 2.05) is 15.9 Å². The Labute approximate surface area is 189 Å². The van der Waals surface area contributed by atoms with E-state index in [4.69, 9.17) is 0 Å². The van der Waals surface area contributed by atoms with Crippen LogP contribution in [0.5, 0.6) is 0 Å². The minimum Gasteiger partial charge on any atom is -0.373 e. The number of amides is 1. The second-order valence-corrected chi connectivity index (χ2v) is 8.58. The van der Waals surface area contributed by atoms with Gasteiger partial charge >= 0.3 is 0 Å². The molecule has 0 bridgehead atoms. The van der Waals surface area contributed by atoms with E-state index < -0.39 is 0 Å². The van der Waals surface area contributed by atoms with Crippen molar-refractivity contribution in [2.24, 2.45) is 5.92 Å². The fraction of sp³-hybridized carbons (Fsp3) is 0.385. The highest BCUT2D eigenvalue weighted by Gasteiger charge is 2.26. The monoisotopic (exact) mass is 432 g/mol. The number of nitrogens with zero attached hydrogens (tertiary/aromatic N) is 4. The maximum atomic E-state index is 13.1. The molecule has 0 radical (unpaired) electrons. The first-order valence-electron chi connectivity index (χ1n) is 11.3. The van der Waals surface area contributed by atoms with Crippen LogP contribution in [0.1, 0.15) is 18.4 Å². The molecule has 2 aliphatic rings. The Balaban J connectivity index is 1.28. The second kappa shape index (κ2) is 10.3. The molecule has 5 nitrogen and oxygen atoms in total. The zero-order valence-electron chi connectivity index (χ0n) is 18.3. The number of rotatable bonds is 5. The highest BCUT2D eigenvalue weighted by atomic mass is 19.1. The molecule has 0 atom stereocenters. The lowest BCUT2D eigenvalue weighted by Crippen LogP contribution is -2.45. The van der Waals surface area contributed by atoms with Gasteiger partial charge in [0.05, 0.1) is 0 Å². The van der Waals surface area contributed by atoms with Gasteiger partial charge in [-0.1, -0.05) is 30.3 Å². The first-order chi connectivity index (χ1) is 15.6. The molecule has 1 amide bonds. The molecule has 0 unspecified atom stereocenters. The zero-order valence-corrected chi connectivity index (χ0v) is 18.3. The maximum Gasteiger partial charge on any atom is 0.266 e. The molecule has 0 aromatic heterocycles. The van der Waals surface area contributed by atoms with Gasteiger partial charge in [-0.3, -0.25) is 4.79 Å². The molecule has 2 fully saturated rings. The van der Waals surface area contributed by atoms with E-state index in [0.717, 1.165) is 51.1 Å². The van der Waals surface area contributed by atoms with Crippen molar-refractivity contribution in [2.75, 3.05) is 44.2 Å². The van der Waals surface area contributed by atoms with Gasteiger partial charge in [0.2, 0.25) is 0 Å². The SMILES string of the molecule is N#C/C(=C/N1CCN(c2ccc(F)cc2)CC1)C(=O)N1CCC(Cc2ccccc2)CC1. The standard InChI is InChI=1S/C26H29FN4O/c27-24-6-8-25(9-7-24)30-16-14-29(15-17-30)20-23(19-28)26(32)31-12-10-22(11-13-31)18-21-4-2-1-3-5-21/h1-9,20,22H,10-18H2/b23-20-. The number of benzene rings is 2. The average Bonchev–Trinajstić information content (AvgIpc) is 2.84. The van der Waals surface area contributed by atoms with E-state index in [2.05, 4.69) is 35.2 Å². The van der Waals surface area contributed by atoms with Crippen molar-refractivity contribution in [3.63, 3.8) is 0 Å². The summed E-state index contributed by atoms with van der Waals surface area (Å²) in [4.78, 5) is 19.0. The Hall–Kier alpha value is -3.33. The van der Waals surface area contributed by atoms with Crippen LogP contribution >= 0.6 is 0 Å². The third-order valence-corrected chi connectivity index (χ3v) is 6.44. The van der Waals surface area contributed by atoms with Crippen molar-refractivity contribution in [2.45, 2.75) is 19.3 Å². The van der Waals surface area contributed by atoms with Gasteiger partial charge < -0.3 is 14.7 Å². The van der Waals surface area contributed by atoms with Gasteiger partial charge in [-0.15, -0.1) is 0 Å². The van der Waals surface area contributed by atoms with Crippen molar-refractivity contribution in [1.29, 1.82) is 5.26 Å². The number of piperazine rings is 1. The number of carbonyl (C=O) groups is 1. The molecule has 2 saturated heterocycles. The highest BCUT2D eigenvalue weighted by Crippen LogP contribution is 2.23. The van der Waals surface area contributed by atoms with Crippen LogP contribution in [-0.2, 0) is 11.2 Å². The van der Waals surface area contributed by atoms with Crippen LogP contribution in [0, 0.1) is 23.1 Å². The number of nitriles is 1. The van der Waals surface area contributed by atoms with Gasteiger partial charge in [-0.25, -0.2) is 4.39 Å². The van der Waals surface area contributed by atoms with E-state index in [9.17, 15) is 14.4 Å². The summed E-state index contributed by atoms with van der Waals surface area (Å²) >= 11 is 0. The molecule has 2 aliphatic heterocycles. The molecule has 2 aromatic rings. The Morgan fingerprint density at radius 1 is 0.969 bits per heavy atom. The number of anilines is 1. The van der Waals surface area contributed by atoms with Gasteiger partial charge in [-0.2, -0.15) is 5.26 Å². The van der Waals surface area contributed by atoms with E-state index in [1.54, 1.807) is 18.3 Å². The molecule has 0 N–H and O–H groups in total. The molecule has 0 aliphatic carbocycles. The Morgan fingerprint density at radius 2 is 1.62 bits per heavy atom. The second-order valence-electron chi connectivity index (χ2n) is 8.58. The number of hydrogen-bond donors (Lipinski definition) is 0. The van der Waals surface area contributed by atoms with E-state index >= 15 is 0 Å². The summed E-state index contributed by atoms with van der Waals surface area (Å²) in [6.45, 7) is 4.37. The third-order valence-electron chi connectivity index (χ3n) is 6.44. The van der Waals surface area contributed by atoms with Crippen LogP contribution in [0.2, 0.25) is 0 Å². The average molecular weight is 433 g/mol. The van der Waals surface area contributed by atoms with Gasteiger partial charge in [0.15, 0.2) is 0 Å². The van der Waals surface area contributed by atoms with Crippen LogP contribution in [0.4, 0.5) is 10.1 Å². The Morgan fingerprint density at radius 3 is 2.25 bits per heavy atom. The normalized spacial score (nSPS) is 17.9. The van der Waals surface area contributed by atoms with Crippen molar-refractivity contribution in [3.05, 3.63) is 77.8 Å². The molecule has 0 saturated carbocycles.